The van der Waals surface area contributed by atoms with Crippen LogP contribution < -0.4 is 9.47 Å². The van der Waals surface area contributed by atoms with Gasteiger partial charge in [-0.2, -0.15) is 0 Å². The fourth-order valence-electron chi connectivity index (χ4n) is 4.04. The van der Waals surface area contributed by atoms with Crippen LogP contribution in [0.2, 0.25) is 0 Å². The maximum Gasteiger partial charge on any atom is 0.238 e. The van der Waals surface area contributed by atoms with E-state index in [0.29, 0.717) is 18.8 Å². The van der Waals surface area contributed by atoms with Crippen LogP contribution in [0.4, 0.5) is 0 Å². The molecule has 1 saturated heterocycles. The largest absolute Gasteiger partial charge is 0.506 e. The van der Waals surface area contributed by atoms with Crippen molar-refractivity contribution >= 4 is 22.9 Å². The van der Waals surface area contributed by atoms with E-state index in [1.54, 1.807) is 24.3 Å². The minimum absolute atomic E-state index is 0.0241. The van der Waals surface area contributed by atoms with Gasteiger partial charge in [0.05, 0.1) is 24.4 Å². The van der Waals surface area contributed by atoms with Gasteiger partial charge in [0.1, 0.15) is 17.3 Å². The van der Waals surface area contributed by atoms with Crippen molar-refractivity contribution in [3.63, 3.8) is 0 Å². The molecule has 0 bridgehead atoms. The summed E-state index contributed by atoms with van der Waals surface area (Å²) in [6.45, 7) is 2.56. The standard InChI is InChI=1S/C25H26O9/c1-14-10-16(25-31-8-5-9-32-25)19(18(11-14)34-13-30-3)21-22(26)15-6-4-7-17(33-12-29-2)20(15)23(27)24(21)28/h4,6-7,10-11,25-26H,5,8-9,12-13H2,1-3H3. The number of carbonyl (C=O) groups excluding carboxylic acids is 2. The Morgan fingerprint density at radius 3 is 2.29 bits per heavy atom. The van der Waals surface area contributed by atoms with Gasteiger partial charge in [0.15, 0.2) is 19.9 Å². The molecule has 0 unspecified atom stereocenters. The van der Waals surface area contributed by atoms with Gasteiger partial charge in [-0.05, 0) is 31.0 Å². The molecule has 1 N–H and O–H groups in total. The summed E-state index contributed by atoms with van der Waals surface area (Å²) in [4.78, 5) is 26.7. The topological polar surface area (TPSA) is 110 Å². The number of ether oxygens (including phenoxy) is 6. The molecular formula is C25H26O9. The highest BCUT2D eigenvalue weighted by Gasteiger charge is 2.39. The summed E-state index contributed by atoms with van der Waals surface area (Å²) in [7, 11) is 2.90. The Morgan fingerprint density at radius 2 is 1.62 bits per heavy atom. The van der Waals surface area contributed by atoms with Crippen molar-refractivity contribution in [2.75, 3.05) is 41.0 Å². The lowest BCUT2D eigenvalue weighted by Gasteiger charge is -2.28. The molecule has 0 saturated carbocycles. The van der Waals surface area contributed by atoms with Crippen LogP contribution in [0.5, 0.6) is 11.5 Å². The number of carbonyl (C=O) groups is 2. The minimum atomic E-state index is -0.901. The van der Waals surface area contributed by atoms with Crippen molar-refractivity contribution in [1.29, 1.82) is 0 Å². The average molecular weight is 470 g/mol. The van der Waals surface area contributed by atoms with Gasteiger partial charge in [-0.3, -0.25) is 9.59 Å². The van der Waals surface area contributed by atoms with Crippen LogP contribution in [-0.4, -0.2) is 57.7 Å². The van der Waals surface area contributed by atoms with Gasteiger partial charge in [0, 0.05) is 30.9 Å². The van der Waals surface area contributed by atoms with Crippen LogP contribution in [0.15, 0.2) is 30.3 Å². The quantitative estimate of drug-likeness (QED) is 0.457. The number of fused-ring (bicyclic) bond motifs is 1. The molecule has 9 heteroatoms. The number of ketones is 2. The molecule has 0 amide bonds. The number of aryl methyl sites for hydroxylation is 1. The van der Waals surface area contributed by atoms with Crippen LogP contribution in [0.1, 0.15) is 45.3 Å². The van der Waals surface area contributed by atoms with Crippen LogP contribution >= 0.6 is 0 Å². The molecule has 0 atom stereocenters. The van der Waals surface area contributed by atoms with Crippen LogP contribution in [0.3, 0.4) is 0 Å². The normalized spacial score (nSPS) is 16.6. The molecule has 1 fully saturated rings. The predicted octanol–water partition coefficient (Wildman–Crippen LogP) is 3.59. The SMILES string of the molecule is COCOc1cccc2c1C(=O)C(=O)C(c1c(OCOC)cc(C)cc1C1OCCCO1)=C2O. The molecule has 2 aromatic rings. The highest BCUT2D eigenvalue weighted by Crippen LogP contribution is 2.44. The second-order valence-electron chi connectivity index (χ2n) is 7.82. The Labute approximate surface area is 196 Å². The number of methoxy groups -OCH3 is 2. The van der Waals surface area contributed by atoms with Crippen molar-refractivity contribution in [2.45, 2.75) is 19.6 Å². The summed E-state index contributed by atoms with van der Waals surface area (Å²) >= 11 is 0. The zero-order valence-corrected chi connectivity index (χ0v) is 19.2. The molecule has 1 aliphatic carbocycles. The fourth-order valence-corrected chi connectivity index (χ4v) is 4.04. The number of hydrogen-bond acceptors (Lipinski definition) is 9. The Balaban J connectivity index is 1.95. The van der Waals surface area contributed by atoms with E-state index in [4.69, 9.17) is 28.4 Å². The van der Waals surface area contributed by atoms with Gasteiger partial charge in [-0.15, -0.1) is 0 Å². The lowest BCUT2D eigenvalue weighted by molar-refractivity contribution is -0.183. The molecule has 4 rings (SSSR count). The van der Waals surface area contributed by atoms with Crippen molar-refractivity contribution in [2.24, 2.45) is 0 Å². The van der Waals surface area contributed by atoms with Gasteiger partial charge in [-0.25, -0.2) is 0 Å². The maximum atomic E-state index is 13.4. The number of Topliss-reactive ketones (excluding diaryl/α,β-unsaturated/α-hetero) is 2. The van der Waals surface area contributed by atoms with Crippen molar-refractivity contribution in [3.05, 3.63) is 58.1 Å². The van der Waals surface area contributed by atoms with E-state index < -0.39 is 17.9 Å². The zero-order chi connectivity index (χ0) is 24.2. The molecule has 180 valence electrons. The third-order valence-corrected chi connectivity index (χ3v) is 5.45. The monoisotopic (exact) mass is 470 g/mol. The third-order valence-electron chi connectivity index (χ3n) is 5.45. The first kappa shape index (κ1) is 23.9. The van der Waals surface area contributed by atoms with Gasteiger partial charge >= 0.3 is 0 Å². The van der Waals surface area contributed by atoms with Gasteiger partial charge in [0.2, 0.25) is 11.6 Å². The number of aliphatic hydroxyl groups excluding tert-OH is 1. The van der Waals surface area contributed by atoms with E-state index in [9.17, 15) is 14.7 Å². The summed E-state index contributed by atoms with van der Waals surface area (Å²) in [6, 6.07) is 8.19. The molecule has 0 radical (unpaired) electrons. The second-order valence-corrected chi connectivity index (χ2v) is 7.82. The van der Waals surface area contributed by atoms with E-state index in [0.717, 1.165) is 12.0 Å². The fraction of sp³-hybridized carbons (Fsp3) is 0.360. The number of rotatable bonds is 8. The summed E-state index contributed by atoms with van der Waals surface area (Å²) < 4.78 is 32.8. The minimum Gasteiger partial charge on any atom is -0.506 e. The zero-order valence-electron chi connectivity index (χ0n) is 19.2. The molecule has 0 aromatic heterocycles. The first-order chi connectivity index (χ1) is 16.5. The van der Waals surface area contributed by atoms with Crippen LogP contribution in [0.25, 0.3) is 11.3 Å². The van der Waals surface area contributed by atoms with Crippen LogP contribution in [-0.2, 0) is 23.7 Å². The first-order valence-electron chi connectivity index (χ1n) is 10.7. The smallest absolute Gasteiger partial charge is 0.238 e. The second kappa shape index (κ2) is 10.4. The van der Waals surface area contributed by atoms with E-state index >= 15 is 0 Å². The molecule has 1 heterocycles. The van der Waals surface area contributed by atoms with Gasteiger partial charge < -0.3 is 33.5 Å². The number of benzene rings is 2. The molecular weight excluding hydrogens is 444 g/mol. The Morgan fingerprint density at radius 1 is 0.941 bits per heavy atom. The highest BCUT2D eigenvalue weighted by atomic mass is 16.7. The Bertz CT molecular complexity index is 1130. The Kier molecular flexibility index (Phi) is 7.28. The molecule has 1 aliphatic heterocycles. The average Bonchev–Trinajstić information content (AvgIpc) is 2.85. The van der Waals surface area contributed by atoms with Gasteiger partial charge in [0.25, 0.3) is 0 Å². The van der Waals surface area contributed by atoms with Crippen molar-refractivity contribution < 1.29 is 43.1 Å². The molecule has 0 spiro atoms. The lowest BCUT2D eigenvalue weighted by Crippen LogP contribution is -2.26. The number of aliphatic hydroxyl groups is 1. The lowest BCUT2D eigenvalue weighted by atomic mass is 9.82. The summed E-state index contributed by atoms with van der Waals surface area (Å²) in [6.07, 6.45) is -0.0669. The van der Waals surface area contributed by atoms with E-state index in [-0.39, 0.29) is 53.1 Å². The van der Waals surface area contributed by atoms with Crippen molar-refractivity contribution in [1.82, 2.24) is 0 Å². The summed E-state index contributed by atoms with van der Waals surface area (Å²) in [5.41, 5.74) is 1.46. The van der Waals surface area contributed by atoms with E-state index in [1.807, 2.05) is 6.92 Å². The van der Waals surface area contributed by atoms with Crippen molar-refractivity contribution in [3.8, 4) is 11.5 Å². The van der Waals surface area contributed by atoms with Gasteiger partial charge in [-0.1, -0.05) is 18.2 Å². The highest BCUT2D eigenvalue weighted by molar-refractivity contribution is 6.62. The first-order valence-corrected chi connectivity index (χ1v) is 10.7. The Hall–Kier alpha value is -3.24. The van der Waals surface area contributed by atoms with E-state index in [1.165, 1.54) is 20.3 Å². The predicted molar refractivity (Wildman–Crippen MR) is 121 cm³/mol. The molecule has 34 heavy (non-hydrogen) atoms. The molecule has 2 aliphatic rings. The third kappa shape index (κ3) is 4.43. The maximum absolute atomic E-state index is 13.4. The number of allylic oxidation sites excluding steroid dienone is 1. The number of hydrogen-bond donors (Lipinski definition) is 1. The summed E-state index contributed by atoms with van der Waals surface area (Å²) in [5, 5.41) is 11.3. The molecule has 9 nitrogen and oxygen atoms in total. The molecule has 2 aromatic carbocycles. The van der Waals surface area contributed by atoms with E-state index in [2.05, 4.69) is 0 Å². The summed E-state index contributed by atoms with van der Waals surface area (Å²) in [5.74, 6) is -1.69. The van der Waals surface area contributed by atoms with Crippen LogP contribution in [0, 0.1) is 6.92 Å².